The van der Waals surface area contributed by atoms with Gasteiger partial charge < -0.3 is 18.9 Å². The minimum Gasteiger partial charge on any atom is -0.355 e. The van der Waals surface area contributed by atoms with E-state index in [0.29, 0.717) is 13.6 Å². The van der Waals surface area contributed by atoms with Crippen LogP contribution in [0, 0.1) is 0 Å². The molecule has 0 saturated carbocycles. The van der Waals surface area contributed by atoms with Gasteiger partial charge in [0.05, 0.1) is 0 Å². The summed E-state index contributed by atoms with van der Waals surface area (Å²) in [6.07, 6.45) is 2.01. The highest BCUT2D eigenvalue weighted by Gasteiger charge is 1.88. The molecule has 0 rings (SSSR count). The summed E-state index contributed by atoms with van der Waals surface area (Å²) in [5.74, 6) is 0. The Bertz CT molecular complexity index is 77.7. The Kier molecular flexibility index (Phi) is 11.7. The van der Waals surface area contributed by atoms with Gasteiger partial charge in [-0.15, -0.1) is 0 Å². The van der Waals surface area contributed by atoms with Crippen molar-refractivity contribution in [1.29, 1.82) is 0 Å². The van der Waals surface area contributed by atoms with Crippen LogP contribution in [-0.4, -0.2) is 33.6 Å². The molecule has 0 N–H and O–H groups in total. The van der Waals surface area contributed by atoms with E-state index in [9.17, 15) is 0 Å². The second-order valence-electron chi connectivity index (χ2n) is 2.58. The van der Waals surface area contributed by atoms with Gasteiger partial charge >= 0.3 is 0 Å². The smallest absolute Gasteiger partial charge is 0.152 e. The van der Waals surface area contributed by atoms with E-state index in [0.717, 1.165) is 26.1 Å². The fraction of sp³-hybridized carbons (Fsp3) is 1.00. The predicted molar refractivity (Wildman–Crippen MR) is 49.3 cm³/mol. The Balaban J connectivity index is 2.76. The third kappa shape index (κ3) is 11.8. The van der Waals surface area contributed by atoms with E-state index in [1.54, 1.807) is 0 Å². The molecule has 0 aromatic carbocycles. The van der Waals surface area contributed by atoms with Gasteiger partial charge in [0.25, 0.3) is 0 Å². The molecule has 0 aliphatic heterocycles. The van der Waals surface area contributed by atoms with Crippen LogP contribution in [0.2, 0.25) is 0 Å². The Morgan fingerprint density at radius 1 is 0.615 bits per heavy atom. The van der Waals surface area contributed by atoms with Crippen LogP contribution in [0.5, 0.6) is 0 Å². The Morgan fingerprint density at radius 2 is 1.00 bits per heavy atom. The maximum atomic E-state index is 5.07. The van der Waals surface area contributed by atoms with Crippen molar-refractivity contribution >= 4 is 0 Å². The number of hydrogen-bond acceptors (Lipinski definition) is 4. The van der Waals surface area contributed by atoms with Crippen molar-refractivity contribution in [1.82, 2.24) is 0 Å². The van der Waals surface area contributed by atoms with Gasteiger partial charge in [0.1, 0.15) is 13.6 Å². The maximum Gasteiger partial charge on any atom is 0.152 e. The molecule has 80 valence electrons. The lowest BCUT2D eigenvalue weighted by atomic mass is 10.5. The molecule has 13 heavy (non-hydrogen) atoms. The first-order valence-electron chi connectivity index (χ1n) is 4.72. The van der Waals surface area contributed by atoms with E-state index in [2.05, 4.69) is 13.8 Å². The second-order valence-corrected chi connectivity index (χ2v) is 2.58. The normalized spacial score (nSPS) is 10.6. The standard InChI is InChI=1S/C9H20O4/c1-3-5-10-7-12-9-13-8-11-6-4-2/h3-9H2,1-2H3. The van der Waals surface area contributed by atoms with Crippen LogP contribution in [0.4, 0.5) is 0 Å². The van der Waals surface area contributed by atoms with Gasteiger partial charge in [0.2, 0.25) is 0 Å². The van der Waals surface area contributed by atoms with Gasteiger partial charge in [-0.1, -0.05) is 13.8 Å². The summed E-state index contributed by atoms with van der Waals surface area (Å²) in [5.41, 5.74) is 0. The van der Waals surface area contributed by atoms with Crippen LogP contribution in [-0.2, 0) is 18.9 Å². The lowest BCUT2D eigenvalue weighted by Gasteiger charge is -2.06. The average molecular weight is 192 g/mol. The van der Waals surface area contributed by atoms with Crippen molar-refractivity contribution in [3.05, 3.63) is 0 Å². The summed E-state index contributed by atoms with van der Waals surface area (Å²) in [6, 6.07) is 0. The molecule has 0 radical (unpaired) electrons. The molecule has 0 atom stereocenters. The van der Waals surface area contributed by atoms with Gasteiger partial charge in [-0.2, -0.15) is 0 Å². The van der Waals surface area contributed by atoms with E-state index in [1.165, 1.54) is 0 Å². The fourth-order valence-electron chi connectivity index (χ4n) is 0.651. The molecule has 0 aliphatic carbocycles. The van der Waals surface area contributed by atoms with Crippen molar-refractivity contribution in [2.45, 2.75) is 26.7 Å². The van der Waals surface area contributed by atoms with Crippen LogP contribution in [0.25, 0.3) is 0 Å². The fourth-order valence-corrected chi connectivity index (χ4v) is 0.651. The lowest BCUT2D eigenvalue weighted by Crippen LogP contribution is -2.07. The third-order valence-electron chi connectivity index (χ3n) is 1.20. The maximum absolute atomic E-state index is 5.07. The topological polar surface area (TPSA) is 36.9 Å². The summed E-state index contributed by atoms with van der Waals surface area (Å²) in [4.78, 5) is 0. The first-order chi connectivity index (χ1) is 6.41. The summed E-state index contributed by atoms with van der Waals surface area (Å²) >= 11 is 0. The first-order valence-corrected chi connectivity index (χ1v) is 4.72. The lowest BCUT2D eigenvalue weighted by molar-refractivity contribution is -0.169. The molecule has 0 bridgehead atoms. The molecule has 0 spiro atoms. The van der Waals surface area contributed by atoms with Crippen molar-refractivity contribution in [3.8, 4) is 0 Å². The zero-order valence-electron chi connectivity index (χ0n) is 8.58. The molecular weight excluding hydrogens is 172 g/mol. The highest BCUT2D eigenvalue weighted by atomic mass is 16.8. The molecule has 0 aromatic heterocycles. The van der Waals surface area contributed by atoms with Crippen molar-refractivity contribution < 1.29 is 18.9 Å². The van der Waals surface area contributed by atoms with E-state index >= 15 is 0 Å². The quantitative estimate of drug-likeness (QED) is 0.390. The van der Waals surface area contributed by atoms with Gasteiger partial charge in [0.15, 0.2) is 6.79 Å². The van der Waals surface area contributed by atoms with Gasteiger partial charge in [-0.25, -0.2) is 0 Å². The van der Waals surface area contributed by atoms with Gasteiger partial charge in [-0.05, 0) is 12.8 Å². The average Bonchev–Trinajstić information content (AvgIpc) is 2.16. The molecule has 0 amide bonds. The first kappa shape index (κ1) is 12.8. The van der Waals surface area contributed by atoms with E-state index < -0.39 is 0 Å². The number of rotatable bonds is 10. The predicted octanol–water partition coefficient (Wildman–Crippen LogP) is 1.75. The summed E-state index contributed by atoms with van der Waals surface area (Å²) in [5, 5.41) is 0. The van der Waals surface area contributed by atoms with Crippen molar-refractivity contribution in [2.75, 3.05) is 33.6 Å². The Morgan fingerprint density at radius 3 is 1.38 bits per heavy atom. The second kappa shape index (κ2) is 11.8. The van der Waals surface area contributed by atoms with Crippen LogP contribution < -0.4 is 0 Å². The van der Waals surface area contributed by atoms with Crippen molar-refractivity contribution in [2.24, 2.45) is 0 Å². The van der Waals surface area contributed by atoms with Crippen LogP contribution in [0.1, 0.15) is 26.7 Å². The van der Waals surface area contributed by atoms with E-state index in [-0.39, 0.29) is 6.79 Å². The van der Waals surface area contributed by atoms with Gasteiger partial charge in [0, 0.05) is 13.2 Å². The largest absolute Gasteiger partial charge is 0.355 e. The van der Waals surface area contributed by atoms with Crippen LogP contribution in [0.3, 0.4) is 0 Å². The number of hydrogen-bond donors (Lipinski definition) is 0. The molecule has 0 heterocycles. The number of ether oxygens (including phenoxy) is 4. The molecule has 4 heteroatoms. The monoisotopic (exact) mass is 192 g/mol. The molecule has 0 saturated heterocycles. The molecule has 0 aliphatic rings. The molecule has 0 unspecified atom stereocenters. The SMILES string of the molecule is CCCOCOCOCOCCC. The Hall–Kier alpha value is -0.160. The summed E-state index contributed by atoms with van der Waals surface area (Å²) in [6.45, 7) is 6.37. The summed E-state index contributed by atoms with van der Waals surface area (Å²) in [7, 11) is 0. The van der Waals surface area contributed by atoms with Crippen LogP contribution >= 0.6 is 0 Å². The zero-order valence-corrected chi connectivity index (χ0v) is 8.58. The molecule has 0 aromatic rings. The minimum atomic E-state index is 0.230. The van der Waals surface area contributed by atoms with E-state index in [1.807, 2.05) is 0 Å². The van der Waals surface area contributed by atoms with Crippen molar-refractivity contribution in [3.63, 3.8) is 0 Å². The van der Waals surface area contributed by atoms with Gasteiger partial charge in [-0.3, -0.25) is 0 Å². The zero-order chi connectivity index (χ0) is 9.78. The third-order valence-corrected chi connectivity index (χ3v) is 1.20. The Labute approximate surface area is 80.1 Å². The van der Waals surface area contributed by atoms with Crippen LogP contribution in [0.15, 0.2) is 0 Å². The highest BCUT2D eigenvalue weighted by Crippen LogP contribution is 1.85. The highest BCUT2D eigenvalue weighted by molar-refractivity contribution is 4.20. The van der Waals surface area contributed by atoms with E-state index in [4.69, 9.17) is 18.9 Å². The summed E-state index contributed by atoms with van der Waals surface area (Å²) < 4.78 is 20.1. The molecular formula is C9H20O4. The molecule has 4 nitrogen and oxygen atoms in total. The molecule has 0 fully saturated rings. The minimum absolute atomic E-state index is 0.230.